The maximum absolute atomic E-state index is 10.5. The molecule has 1 aliphatic heterocycles. The van der Waals surface area contributed by atoms with Crippen LogP contribution in [0.4, 0.5) is 0 Å². The van der Waals surface area contributed by atoms with E-state index in [1.807, 2.05) is 19.9 Å². The quantitative estimate of drug-likeness (QED) is 0.808. The Labute approximate surface area is 152 Å². The minimum atomic E-state index is -0.867. The molecule has 2 N–H and O–H groups in total. The molecule has 0 spiro atoms. The van der Waals surface area contributed by atoms with Gasteiger partial charge in [0.2, 0.25) is 0 Å². The standard InChI is InChI=1S/C12H24N2.C9H10O2/c1-5-10(2)11(3)8-14-7-6-13-12(4)9-14;1-6-3-4-8(9(10)11)5-7(6)2/h12-13H,5-9H2,1-4H3;3-5H,1-2H3,(H,10,11). The Morgan fingerprint density at radius 1 is 1.24 bits per heavy atom. The Kier molecular flexibility index (Phi) is 8.87. The van der Waals surface area contributed by atoms with E-state index in [1.165, 1.54) is 19.5 Å². The van der Waals surface area contributed by atoms with Crippen molar-refractivity contribution in [2.75, 3.05) is 26.2 Å². The topological polar surface area (TPSA) is 52.6 Å². The van der Waals surface area contributed by atoms with Crippen LogP contribution in [0.15, 0.2) is 29.3 Å². The minimum absolute atomic E-state index is 0.355. The number of nitrogens with zero attached hydrogens (tertiary/aromatic N) is 1. The maximum Gasteiger partial charge on any atom is 0.335 e. The van der Waals surface area contributed by atoms with Crippen LogP contribution in [0.1, 0.15) is 55.6 Å². The third-order valence-electron chi connectivity index (χ3n) is 4.93. The molecule has 1 atom stereocenters. The van der Waals surface area contributed by atoms with Gasteiger partial charge in [0.25, 0.3) is 0 Å². The monoisotopic (exact) mass is 346 g/mol. The van der Waals surface area contributed by atoms with Crippen LogP contribution in [0.2, 0.25) is 0 Å². The van der Waals surface area contributed by atoms with Gasteiger partial charge in [-0.2, -0.15) is 0 Å². The molecule has 2 rings (SSSR count). The summed E-state index contributed by atoms with van der Waals surface area (Å²) in [6, 6.07) is 5.76. The van der Waals surface area contributed by atoms with E-state index in [1.54, 1.807) is 23.3 Å². The van der Waals surface area contributed by atoms with Crippen LogP contribution in [0.25, 0.3) is 0 Å². The Morgan fingerprint density at radius 3 is 2.44 bits per heavy atom. The average molecular weight is 347 g/mol. The van der Waals surface area contributed by atoms with Crippen molar-refractivity contribution in [2.45, 2.75) is 54.0 Å². The summed E-state index contributed by atoms with van der Waals surface area (Å²) < 4.78 is 0. The van der Waals surface area contributed by atoms with Gasteiger partial charge in [-0.1, -0.05) is 24.1 Å². The maximum atomic E-state index is 10.5. The smallest absolute Gasteiger partial charge is 0.335 e. The number of hydrogen-bond donors (Lipinski definition) is 2. The zero-order valence-electron chi connectivity index (χ0n) is 16.6. The molecule has 4 nitrogen and oxygen atoms in total. The summed E-state index contributed by atoms with van der Waals surface area (Å²) in [4.78, 5) is 13.0. The summed E-state index contributed by atoms with van der Waals surface area (Å²) >= 11 is 0. The number of nitrogens with one attached hydrogen (secondary N) is 1. The van der Waals surface area contributed by atoms with E-state index in [2.05, 4.69) is 37.9 Å². The van der Waals surface area contributed by atoms with Crippen LogP contribution < -0.4 is 5.32 Å². The third kappa shape index (κ3) is 7.41. The molecule has 0 bridgehead atoms. The molecule has 1 unspecified atom stereocenters. The summed E-state index contributed by atoms with van der Waals surface area (Å²) in [5.74, 6) is -0.867. The molecule has 0 amide bonds. The molecule has 0 aromatic heterocycles. The summed E-state index contributed by atoms with van der Waals surface area (Å²) in [6.45, 7) is 17.6. The molecular weight excluding hydrogens is 312 g/mol. The van der Waals surface area contributed by atoms with Crippen molar-refractivity contribution in [1.29, 1.82) is 0 Å². The lowest BCUT2D eigenvalue weighted by atomic mass is 10.1. The predicted molar refractivity (Wildman–Crippen MR) is 105 cm³/mol. The van der Waals surface area contributed by atoms with Crippen molar-refractivity contribution >= 4 is 5.97 Å². The first-order valence-corrected chi connectivity index (χ1v) is 9.16. The number of benzene rings is 1. The van der Waals surface area contributed by atoms with Crippen LogP contribution in [-0.2, 0) is 0 Å². The van der Waals surface area contributed by atoms with Gasteiger partial charge in [-0.05, 0) is 64.3 Å². The predicted octanol–water partition coefficient (Wildman–Crippen LogP) is 4.03. The molecule has 1 aromatic rings. The molecule has 0 aliphatic carbocycles. The fraction of sp³-hybridized carbons (Fsp3) is 0.571. The van der Waals surface area contributed by atoms with Crippen LogP contribution >= 0.6 is 0 Å². The van der Waals surface area contributed by atoms with Crippen molar-refractivity contribution in [3.63, 3.8) is 0 Å². The molecule has 1 aliphatic rings. The second kappa shape index (κ2) is 10.4. The Bertz CT molecular complexity index is 608. The van der Waals surface area contributed by atoms with Gasteiger partial charge in [0.05, 0.1) is 5.56 Å². The number of rotatable bonds is 4. The molecular formula is C21H34N2O2. The number of piperazine rings is 1. The van der Waals surface area contributed by atoms with E-state index >= 15 is 0 Å². The average Bonchev–Trinajstić information content (AvgIpc) is 2.57. The molecule has 4 heteroatoms. The SMILES string of the molecule is CCC(C)=C(C)CN1CCNC(C)C1.Cc1ccc(C(=O)O)cc1C. The fourth-order valence-electron chi connectivity index (χ4n) is 2.80. The van der Waals surface area contributed by atoms with Crippen LogP contribution in [0.3, 0.4) is 0 Å². The number of aromatic carboxylic acids is 1. The summed E-state index contributed by atoms with van der Waals surface area (Å²) in [5.41, 5.74) is 5.60. The van der Waals surface area contributed by atoms with Gasteiger partial charge >= 0.3 is 5.97 Å². The molecule has 1 saturated heterocycles. The summed E-state index contributed by atoms with van der Waals surface area (Å²) in [7, 11) is 0. The molecule has 0 radical (unpaired) electrons. The van der Waals surface area contributed by atoms with Crippen molar-refractivity contribution in [3.05, 3.63) is 46.0 Å². The van der Waals surface area contributed by atoms with Crippen LogP contribution in [0.5, 0.6) is 0 Å². The van der Waals surface area contributed by atoms with Crippen molar-refractivity contribution in [2.24, 2.45) is 0 Å². The van der Waals surface area contributed by atoms with Gasteiger partial charge in [-0.3, -0.25) is 4.90 Å². The highest BCUT2D eigenvalue weighted by Gasteiger charge is 2.15. The molecule has 1 aromatic carbocycles. The number of allylic oxidation sites excluding steroid dienone is 1. The first kappa shape index (κ1) is 21.4. The lowest BCUT2D eigenvalue weighted by molar-refractivity contribution is 0.0697. The summed E-state index contributed by atoms with van der Waals surface area (Å²) in [5, 5.41) is 12.1. The van der Waals surface area contributed by atoms with Gasteiger partial charge in [0.1, 0.15) is 0 Å². The van der Waals surface area contributed by atoms with E-state index < -0.39 is 5.97 Å². The van der Waals surface area contributed by atoms with Gasteiger partial charge < -0.3 is 10.4 Å². The van der Waals surface area contributed by atoms with E-state index in [0.717, 1.165) is 24.2 Å². The van der Waals surface area contributed by atoms with Gasteiger partial charge in [-0.25, -0.2) is 4.79 Å². The fourth-order valence-corrected chi connectivity index (χ4v) is 2.80. The Morgan fingerprint density at radius 2 is 1.92 bits per heavy atom. The highest BCUT2D eigenvalue weighted by atomic mass is 16.4. The lowest BCUT2D eigenvalue weighted by Gasteiger charge is -2.32. The zero-order chi connectivity index (χ0) is 19.0. The normalized spacial score (nSPS) is 18.9. The van der Waals surface area contributed by atoms with E-state index in [9.17, 15) is 4.79 Å². The first-order chi connectivity index (χ1) is 11.7. The second-order valence-corrected chi connectivity index (χ2v) is 7.11. The van der Waals surface area contributed by atoms with Crippen LogP contribution in [0, 0.1) is 13.8 Å². The van der Waals surface area contributed by atoms with Crippen molar-refractivity contribution < 1.29 is 9.90 Å². The number of carboxylic acid groups (broad SMARTS) is 1. The molecule has 0 saturated carbocycles. The van der Waals surface area contributed by atoms with Crippen molar-refractivity contribution in [1.82, 2.24) is 10.2 Å². The first-order valence-electron chi connectivity index (χ1n) is 9.16. The molecule has 140 valence electrons. The zero-order valence-corrected chi connectivity index (χ0v) is 16.6. The highest BCUT2D eigenvalue weighted by molar-refractivity contribution is 5.87. The van der Waals surface area contributed by atoms with Crippen molar-refractivity contribution in [3.8, 4) is 0 Å². The Balaban J connectivity index is 0.000000257. The van der Waals surface area contributed by atoms with Gasteiger partial charge in [0.15, 0.2) is 0 Å². The number of hydrogen-bond acceptors (Lipinski definition) is 3. The lowest BCUT2D eigenvalue weighted by Crippen LogP contribution is -2.49. The van der Waals surface area contributed by atoms with Gasteiger partial charge in [-0.15, -0.1) is 0 Å². The van der Waals surface area contributed by atoms with E-state index in [0.29, 0.717) is 11.6 Å². The van der Waals surface area contributed by atoms with Gasteiger partial charge in [0, 0.05) is 32.2 Å². The number of carboxylic acids is 1. The third-order valence-corrected chi connectivity index (χ3v) is 4.93. The van der Waals surface area contributed by atoms with E-state index in [-0.39, 0.29) is 0 Å². The number of carbonyl (C=O) groups is 1. The highest BCUT2D eigenvalue weighted by Crippen LogP contribution is 2.10. The molecule has 25 heavy (non-hydrogen) atoms. The largest absolute Gasteiger partial charge is 0.478 e. The molecule has 1 heterocycles. The van der Waals surface area contributed by atoms with E-state index in [4.69, 9.17) is 5.11 Å². The number of aryl methyl sites for hydroxylation is 2. The second-order valence-electron chi connectivity index (χ2n) is 7.11. The molecule has 1 fully saturated rings. The summed E-state index contributed by atoms with van der Waals surface area (Å²) in [6.07, 6.45) is 1.19. The van der Waals surface area contributed by atoms with Crippen LogP contribution in [-0.4, -0.2) is 48.2 Å². The minimum Gasteiger partial charge on any atom is -0.478 e. The Hall–Kier alpha value is -1.65.